The van der Waals surface area contributed by atoms with E-state index in [-0.39, 0.29) is 3.57 Å². The summed E-state index contributed by atoms with van der Waals surface area (Å²) in [5.74, 6) is 0. The molecule has 4 unspecified atom stereocenters. The number of aliphatic hydroxyl groups is 1. The minimum atomic E-state index is -5.71. The largest absolute Gasteiger partial charge is 0.490 e. The molecule has 6 atom stereocenters. The van der Waals surface area contributed by atoms with Gasteiger partial charge >= 0.3 is 29.2 Å². The van der Waals surface area contributed by atoms with Crippen LogP contribution in [0.15, 0.2) is 15.8 Å². The van der Waals surface area contributed by atoms with Gasteiger partial charge in [-0.1, -0.05) is 0 Å². The molecule has 0 aliphatic carbocycles. The zero-order valence-electron chi connectivity index (χ0n) is 14.2. The Morgan fingerprint density at radius 1 is 1.17 bits per heavy atom. The number of aliphatic hydroxyl groups excluding tert-OH is 1. The fraction of sp³-hybridized carbons (Fsp3) is 0.556. The molecule has 0 amide bonds. The number of nitrogens with two attached hydrogens (primary N) is 1. The summed E-state index contributed by atoms with van der Waals surface area (Å²) in [6, 6.07) is -1.26. The van der Waals surface area contributed by atoms with Crippen LogP contribution in [0.2, 0.25) is 0 Å². The quantitative estimate of drug-likeness (QED) is 0.125. The monoisotopic (exact) mass is 609 g/mol. The molecule has 172 valence electrons. The second-order valence-electron chi connectivity index (χ2n) is 5.66. The van der Waals surface area contributed by atoms with Crippen molar-refractivity contribution in [3.8, 4) is 0 Å². The first kappa shape index (κ1) is 26.0. The second-order valence-corrected chi connectivity index (χ2v) is 11.2. The molecule has 1 fully saturated rings. The normalized spacial score (nSPS) is 28.8. The van der Waals surface area contributed by atoms with Crippen molar-refractivity contribution in [3.05, 3.63) is 30.6 Å². The highest BCUT2D eigenvalue weighted by molar-refractivity contribution is 14.1. The highest BCUT2D eigenvalue weighted by atomic mass is 127. The average Bonchev–Trinajstić information content (AvgIpc) is 2.81. The molecular formula is C9H15IN3O14P3. The van der Waals surface area contributed by atoms with Crippen LogP contribution in [0.4, 0.5) is 0 Å². The van der Waals surface area contributed by atoms with Gasteiger partial charge in [0.2, 0.25) is 0 Å². The molecule has 8 N–H and O–H groups in total. The molecule has 2 rings (SSSR count). The topological polar surface area (TPSA) is 270 Å². The molecule has 1 aliphatic rings. The van der Waals surface area contributed by atoms with Crippen molar-refractivity contribution in [2.75, 3.05) is 6.61 Å². The van der Waals surface area contributed by atoms with Gasteiger partial charge < -0.3 is 35.2 Å². The number of aromatic amines is 1. The molecule has 21 heteroatoms. The Hall–Kier alpha value is -0.300. The van der Waals surface area contributed by atoms with Crippen molar-refractivity contribution >= 4 is 46.1 Å². The Morgan fingerprint density at radius 2 is 1.77 bits per heavy atom. The van der Waals surface area contributed by atoms with Crippen molar-refractivity contribution in [2.24, 2.45) is 5.73 Å². The van der Waals surface area contributed by atoms with E-state index in [1.54, 1.807) is 22.6 Å². The van der Waals surface area contributed by atoms with Gasteiger partial charge in [0, 0.05) is 6.20 Å². The standard InChI is InChI=1S/C9H15IN3O14P3/c10-3-1-13(9(16)12-7(3)15)8-5(11)6(14)4(25-8)2-24-29(20,21)27-30(22,23)26-28(17,18)19/h1,4-6,8,14H,2,11H2,(H,20,21)(H,22,23)(H,12,15,16)(H2,17,18,19)/t4-,5?,6?,8-/m0/s1. The maximum absolute atomic E-state index is 11.9. The fourth-order valence-electron chi connectivity index (χ4n) is 2.28. The van der Waals surface area contributed by atoms with Crippen LogP contribution in [0, 0.1) is 3.57 Å². The number of phosphoric acid groups is 3. The first-order chi connectivity index (χ1) is 13.5. The zero-order chi connectivity index (χ0) is 23.1. The number of aromatic nitrogens is 2. The third-order valence-corrected chi connectivity index (χ3v) is 8.01. The van der Waals surface area contributed by atoms with E-state index in [1.807, 2.05) is 4.98 Å². The van der Waals surface area contributed by atoms with Gasteiger partial charge in [-0.2, -0.15) is 8.62 Å². The van der Waals surface area contributed by atoms with E-state index in [4.69, 9.17) is 25.2 Å². The lowest BCUT2D eigenvalue weighted by molar-refractivity contribution is -0.0456. The molecule has 0 spiro atoms. The van der Waals surface area contributed by atoms with Gasteiger partial charge in [0.25, 0.3) is 5.56 Å². The Morgan fingerprint density at radius 3 is 2.33 bits per heavy atom. The Labute approximate surface area is 179 Å². The third-order valence-electron chi connectivity index (χ3n) is 3.44. The van der Waals surface area contributed by atoms with Gasteiger partial charge in [-0.15, -0.1) is 0 Å². The van der Waals surface area contributed by atoms with Crippen molar-refractivity contribution < 1.29 is 56.3 Å². The summed E-state index contributed by atoms with van der Waals surface area (Å²) in [5.41, 5.74) is 4.19. The molecule has 30 heavy (non-hydrogen) atoms. The van der Waals surface area contributed by atoms with E-state index in [0.717, 1.165) is 10.8 Å². The third kappa shape index (κ3) is 6.85. The number of ether oxygens (including phenoxy) is 1. The van der Waals surface area contributed by atoms with Crippen LogP contribution in [0.25, 0.3) is 0 Å². The van der Waals surface area contributed by atoms with Crippen molar-refractivity contribution in [1.29, 1.82) is 0 Å². The smallest absolute Gasteiger partial charge is 0.389 e. The van der Waals surface area contributed by atoms with E-state index >= 15 is 0 Å². The van der Waals surface area contributed by atoms with Crippen LogP contribution in [-0.2, 0) is 31.6 Å². The van der Waals surface area contributed by atoms with Crippen LogP contribution in [0.5, 0.6) is 0 Å². The van der Waals surface area contributed by atoms with E-state index in [1.165, 1.54) is 0 Å². The van der Waals surface area contributed by atoms with Gasteiger partial charge in [-0.3, -0.25) is 18.9 Å². The number of rotatable bonds is 8. The molecule has 1 aromatic rings. The summed E-state index contributed by atoms with van der Waals surface area (Å²) in [6.07, 6.45) is -3.25. The van der Waals surface area contributed by atoms with Crippen LogP contribution in [0.3, 0.4) is 0 Å². The second kappa shape index (κ2) is 9.29. The molecule has 17 nitrogen and oxygen atoms in total. The Bertz CT molecular complexity index is 1050. The number of nitrogens with zero attached hydrogens (tertiary/aromatic N) is 1. The lowest BCUT2D eigenvalue weighted by Crippen LogP contribution is -2.43. The maximum atomic E-state index is 11.9. The average molecular weight is 609 g/mol. The molecular weight excluding hydrogens is 594 g/mol. The Kier molecular flexibility index (Phi) is 8.03. The van der Waals surface area contributed by atoms with Crippen LogP contribution < -0.4 is 17.0 Å². The van der Waals surface area contributed by atoms with E-state index in [9.17, 15) is 33.3 Å². The summed E-state index contributed by atoms with van der Waals surface area (Å²) in [4.78, 5) is 60.8. The first-order valence-corrected chi connectivity index (χ1v) is 13.0. The summed E-state index contributed by atoms with van der Waals surface area (Å²) in [5, 5.41) is 10.1. The van der Waals surface area contributed by atoms with Crippen LogP contribution in [-0.4, -0.2) is 59.1 Å². The molecule has 0 radical (unpaired) electrons. The Balaban J connectivity index is 2.09. The molecule has 0 saturated carbocycles. The lowest BCUT2D eigenvalue weighted by Gasteiger charge is -2.19. The summed E-state index contributed by atoms with van der Waals surface area (Å²) in [7, 11) is -16.7. The SMILES string of the molecule is NC1C(O)[C@H](COP(=O)(O)OP(=O)(O)OP(=O)(O)O)O[C@@H]1n1cc(I)c(=O)[nH]c1=O. The van der Waals surface area contributed by atoms with E-state index in [0.29, 0.717) is 0 Å². The van der Waals surface area contributed by atoms with E-state index < -0.39 is 65.8 Å². The highest BCUT2D eigenvalue weighted by Crippen LogP contribution is 2.66. The van der Waals surface area contributed by atoms with Crippen molar-refractivity contribution in [3.63, 3.8) is 0 Å². The minimum Gasteiger partial charge on any atom is -0.389 e. The minimum absolute atomic E-state index is 0.0919. The first-order valence-electron chi connectivity index (χ1n) is 7.40. The van der Waals surface area contributed by atoms with Crippen molar-refractivity contribution in [1.82, 2.24) is 9.55 Å². The van der Waals surface area contributed by atoms with Gasteiger partial charge in [-0.25, -0.2) is 18.5 Å². The molecule has 2 heterocycles. The number of hydrogen-bond donors (Lipinski definition) is 7. The highest BCUT2D eigenvalue weighted by Gasteiger charge is 2.46. The number of nitrogens with one attached hydrogen (secondary N) is 1. The van der Waals surface area contributed by atoms with Crippen LogP contribution >= 0.6 is 46.1 Å². The summed E-state index contributed by atoms with van der Waals surface area (Å²) in [6.45, 7) is -0.968. The lowest BCUT2D eigenvalue weighted by atomic mass is 10.1. The molecule has 1 saturated heterocycles. The molecule has 1 aliphatic heterocycles. The number of hydrogen-bond acceptors (Lipinski definition) is 11. The van der Waals surface area contributed by atoms with Gasteiger partial charge in [0.1, 0.15) is 12.2 Å². The number of phosphoric ester groups is 1. The predicted octanol–water partition coefficient (Wildman–Crippen LogP) is -1.93. The zero-order valence-corrected chi connectivity index (χ0v) is 19.1. The molecule has 1 aromatic heterocycles. The van der Waals surface area contributed by atoms with E-state index in [2.05, 4.69) is 13.1 Å². The van der Waals surface area contributed by atoms with Crippen molar-refractivity contribution in [2.45, 2.75) is 24.5 Å². The van der Waals surface area contributed by atoms with Gasteiger partial charge in [0.15, 0.2) is 6.23 Å². The van der Waals surface area contributed by atoms with Gasteiger partial charge in [0.05, 0.1) is 16.2 Å². The fourth-order valence-corrected chi connectivity index (χ4v) is 5.74. The number of H-pyrrole nitrogens is 1. The summed E-state index contributed by atoms with van der Waals surface area (Å²) < 4.78 is 51.3. The van der Waals surface area contributed by atoms with Gasteiger partial charge in [-0.05, 0) is 22.6 Å². The molecule has 0 bridgehead atoms. The number of halogens is 1. The molecule has 0 aromatic carbocycles. The van der Waals surface area contributed by atoms with Crippen LogP contribution in [0.1, 0.15) is 6.23 Å². The predicted molar refractivity (Wildman–Crippen MR) is 102 cm³/mol. The maximum Gasteiger partial charge on any atom is 0.490 e. The summed E-state index contributed by atoms with van der Waals surface area (Å²) >= 11 is 1.63.